The van der Waals surface area contributed by atoms with Crippen LogP contribution in [0.1, 0.15) is 67.7 Å². The molecule has 1 aliphatic heterocycles. The van der Waals surface area contributed by atoms with E-state index in [0.29, 0.717) is 11.5 Å². The summed E-state index contributed by atoms with van der Waals surface area (Å²) in [6.45, 7) is 20.0. The Morgan fingerprint density at radius 1 is 1.05 bits per heavy atom. The Bertz CT molecular complexity index is 259. The Morgan fingerprint density at radius 3 is 2.21 bits per heavy atom. The minimum atomic E-state index is 0.230. The SMILES string of the molecule is CC(CNC(C)(C)C)N1CCCC(C(C)(C)C)CC1. The standard InChI is InChI=1S/C17H36N2/c1-14(13-18-17(5,6)7)19-11-8-9-15(10-12-19)16(2,3)4/h14-15,18H,8-13H2,1-7H3. The average molecular weight is 268 g/mol. The van der Waals surface area contributed by atoms with Gasteiger partial charge in [-0.05, 0) is 71.4 Å². The molecule has 2 nitrogen and oxygen atoms in total. The molecule has 2 heteroatoms. The molecule has 0 saturated carbocycles. The third-order valence-corrected chi connectivity index (χ3v) is 4.54. The summed E-state index contributed by atoms with van der Waals surface area (Å²) in [4.78, 5) is 2.68. The fraction of sp³-hybridized carbons (Fsp3) is 1.00. The van der Waals surface area contributed by atoms with Crippen molar-refractivity contribution in [2.24, 2.45) is 11.3 Å². The average Bonchev–Trinajstić information content (AvgIpc) is 2.49. The van der Waals surface area contributed by atoms with Crippen LogP contribution in [0, 0.1) is 11.3 Å². The van der Waals surface area contributed by atoms with E-state index in [9.17, 15) is 0 Å². The second-order valence-electron chi connectivity index (χ2n) is 8.51. The van der Waals surface area contributed by atoms with Crippen molar-refractivity contribution in [3.63, 3.8) is 0 Å². The third kappa shape index (κ3) is 6.27. The van der Waals surface area contributed by atoms with Crippen molar-refractivity contribution in [2.45, 2.75) is 79.3 Å². The second kappa shape index (κ2) is 6.58. The Labute approximate surface area is 121 Å². The smallest absolute Gasteiger partial charge is 0.0192 e. The van der Waals surface area contributed by atoms with Crippen molar-refractivity contribution in [3.8, 4) is 0 Å². The summed E-state index contributed by atoms with van der Waals surface area (Å²) < 4.78 is 0. The monoisotopic (exact) mass is 268 g/mol. The van der Waals surface area contributed by atoms with Crippen LogP contribution in [-0.2, 0) is 0 Å². The largest absolute Gasteiger partial charge is 0.311 e. The molecular formula is C17H36N2. The Hall–Kier alpha value is -0.0800. The predicted molar refractivity (Wildman–Crippen MR) is 85.6 cm³/mol. The third-order valence-electron chi connectivity index (χ3n) is 4.54. The van der Waals surface area contributed by atoms with Crippen LogP contribution in [0.5, 0.6) is 0 Å². The van der Waals surface area contributed by atoms with Gasteiger partial charge in [-0.25, -0.2) is 0 Å². The summed E-state index contributed by atoms with van der Waals surface area (Å²) in [7, 11) is 0. The zero-order valence-corrected chi connectivity index (χ0v) is 14.3. The molecule has 0 aromatic rings. The van der Waals surface area contributed by atoms with Crippen LogP contribution >= 0.6 is 0 Å². The summed E-state index contributed by atoms with van der Waals surface area (Å²) in [5, 5.41) is 3.64. The molecule has 114 valence electrons. The van der Waals surface area contributed by atoms with Crippen LogP contribution in [0.15, 0.2) is 0 Å². The highest BCUT2D eigenvalue weighted by atomic mass is 15.2. The van der Waals surface area contributed by atoms with Gasteiger partial charge in [0.1, 0.15) is 0 Å². The minimum absolute atomic E-state index is 0.230. The molecular weight excluding hydrogens is 232 g/mol. The van der Waals surface area contributed by atoms with Crippen LogP contribution in [0.2, 0.25) is 0 Å². The van der Waals surface area contributed by atoms with Crippen LogP contribution in [0.25, 0.3) is 0 Å². The van der Waals surface area contributed by atoms with Crippen LogP contribution in [-0.4, -0.2) is 36.1 Å². The molecule has 1 heterocycles. The maximum Gasteiger partial charge on any atom is 0.0192 e. The highest BCUT2D eigenvalue weighted by molar-refractivity contribution is 4.82. The van der Waals surface area contributed by atoms with Gasteiger partial charge in [-0.15, -0.1) is 0 Å². The molecule has 0 spiro atoms. The van der Waals surface area contributed by atoms with E-state index in [0.717, 1.165) is 12.5 Å². The van der Waals surface area contributed by atoms with Crippen molar-refractivity contribution < 1.29 is 0 Å². The molecule has 0 aliphatic carbocycles. The lowest BCUT2D eigenvalue weighted by atomic mass is 9.77. The number of likely N-dealkylation sites (tertiary alicyclic amines) is 1. The van der Waals surface area contributed by atoms with Gasteiger partial charge in [-0.2, -0.15) is 0 Å². The van der Waals surface area contributed by atoms with Crippen molar-refractivity contribution in [1.29, 1.82) is 0 Å². The Morgan fingerprint density at radius 2 is 1.68 bits per heavy atom. The zero-order valence-electron chi connectivity index (χ0n) is 14.3. The van der Waals surface area contributed by atoms with E-state index in [2.05, 4.69) is 58.7 Å². The molecule has 0 amide bonds. The summed E-state index contributed by atoms with van der Waals surface area (Å²) >= 11 is 0. The lowest BCUT2D eigenvalue weighted by molar-refractivity contribution is 0.181. The molecule has 0 bridgehead atoms. The van der Waals surface area contributed by atoms with Crippen molar-refractivity contribution in [2.75, 3.05) is 19.6 Å². The van der Waals surface area contributed by atoms with Gasteiger partial charge in [0, 0.05) is 18.1 Å². The predicted octanol–water partition coefficient (Wildman–Crippen LogP) is 3.91. The van der Waals surface area contributed by atoms with E-state index in [1.807, 2.05) is 0 Å². The quantitative estimate of drug-likeness (QED) is 0.835. The van der Waals surface area contributed by atoms with Crippen LogP contribution < -0.4 is 5.32 Å². The number of rotatable bonds is 3. The normalized spacial score (nSPS) is 25.1. The number of nitrogens with one attached hydrogen (secondary N) is 1. The van der Waals surface area contributed by atoms with E-state index in [1.54, 1.807) is 0 Å². The van der Waals surface area contributed by atoms with Gasteiger partial charge in [0.25, 0.3) is 0 Å². The van der Waals surface area contributed by atoms with Crippen LogP contribution in [0.3, 0.4) is 0 Å². The summed E-state index contributed by atoms with van der Waals surface area (Å²) in [6, 6.07) is 0.651. The topological polar surface area (TPSA) is 15.3 Å². The maximum atomic E-state index is 3.64. The second-order valence-corrected chi connectivity index (χ2v) is 8.51. The van der Waals surface area contributed by atoms with E-state index in [1.165, 1.54) is 32.4 Å². The van der Waals surface area contributed by atoms with Crippen molar-refractivity contribution in [3.05, 3.63) is 0 Å². The molecule has 1 N–H and O–H groups in total. The van der Waals surface area contributed by atoms with Crippen molar-refractivity contribution >= 4 is 0 Å². The number of hydrogen-bond acceptors (Lipinski definition) is 2. The van der Waals surface area contributed by atoms with E-state index < -0.39 is 0 Å². The molecule has 1 aliphatic rings. The molecule has 2 atom stereocenters. The Balaban J connectivity index is 2.44. The first-order valence-electron chi connectivity index (χ1n) is 8.08. The fourth-order valence-corrected chi connectivity index (χ4v) is 3.01. The summed E-state index contributed by atoms with van der Waals surface area (Å²) in [5.41, 5.74) is 0.705. The first-order chi connectivity index (χ1) is 8.59. The van der Waals surface area contributed by atoms with Crippen molar-refractivity contribution in [1.82, 2.24) is 10.2 Å². The summed E-state index contributed by atoms with van der Waals surface area (Å²) in [5.74, 6) is 0.889. The zero-order chi connectivity index (χ0) is 14.7. The molecule has 1 fully saturated rings. The molecule has 2 unspecified atom stereocenters. The first kappa shape index (κ1) is 17.0. The molecule has 0 aromatic heterocycles. The molecule has 1 rings (SSSR count). The molecule has 0 aromatic carbocycles. The minimum Gasteiger partial charge on any atom is -0.311 e. The lowest BCUT2D eigenvalue weighted by Gasteiger charge is -2.32. The van der Waals surface area contributed by atoms with Crippen LogP contribution in [0.4, 0.5) is 0 Å². The van der Waals surface area contributed by atoms with Gasteiger partial charge in [-0.1, -0.05) is 20.8 Å². The number of hydrogen-bond donors (Lipinski definition) is 1. The molecule has 19 heavy (non-hydrogen) atoms. The summed E-state index contributed by atoms with van der Waals surface area (Å²) in [6.07, 6.45) is 4.13. The fourth-order valence-electron chi connectivity index (χ4n) is 3.01. The molecule has 1 saturated heterocycles. The van der Waals surface area contributed by atoms with Gasteiger partial charge in [0.2, 0.25) is 0 Å². The Kier molecular flexibility index (Phi) is 5.88. The highest BCUT2D eigenvalue weighted by Crippen LogP contribution is 2.34. The van der Waals surface area contributed by atoms with Gasteiger partial charge < -0.3 is 5.32 Å². The van der Waals surface area contributed by atoms with Gasteiger partial charge in [0.05, 0.1) is 0 Å². The van der Waals surface area contributed by atoms with E-state index in [4.69, 9.17) is 0 Å². The van der Waals surface area contributed by atoms with E-state index in [-0.39, 0.29) is 5.54 Å². The van der Waals surface area contributed by atoms with Gasteiger partial charge >= 0.3 is 0 Å². The molecule has 0 radical (unpaired) electrons. The van der Waals surface area contributed by atoms with Gasteiger partial charge in [-0.3, -0.25) is 4.90 Å². The first-order valence-corrected chi connectivity index (χ1v) is 8.08. The maximum absolute atomic E-state index is 3.64. The van der Waals surface area contributed by atoms with Gasteiger partial charge in [0.15, 0.2) is 0 Å². The van der Waals surface area contributed by atoms with E-state index >= 15 is 0 Å². The highest BCUT2D eigenvalue weighted by Gasteiger charge is 2.28. The number of nitrogens with zero attached hydrogens (tertiary/aromatic N) is 1. The lowest BCUT2D eigenvalue weighted by Crippen LogP contribution is -2.46.